The number of ether oxygens (including phenoxy) is 1. The summed E-state index contributed by atoms with van der Waals surface area (Å²) < 4.78 is 20.1. The molecule has 0 saturated heterocycles. The highest BCUT2D eigenvalue weighted by Crippen LogP contribution is 2.16. The minimum Gasteiger partial charge on any atom is -0.481 e. The van der Waals surface area contributed by atoms with Gasteiger partial charge < -0.3 is 4.74 Å². The zero-order chi connectivity index (χ0) is 21.7. The Hall–Kier alpha value is -3.68. The van der Waals surface area contributed by atoms with Crippen LogP contribution in [0.4, 0.5) is 4.39 Å². The Labute approximate surface area is 173 Å². The minimum atomic E-state index is -0.892. The van der Waals surface area contributed by atoms with Crippen molar-refractivity contribution in [2.45, 2.75) is 33.3 Å². The molecule has 3 aromatic rings. The number of carbonyl (C=O) groups excluding carboxylic acids is 2. The summed E-state index contributed by atoms with van der Waals surface area (Å²) in [4.78, 5) is 24.8. The number of benzene rings is 2. The first-order valence-electron chi connectivity index (χ1n) is 9.55. The molecule has 1 aromatic heterocycles. The lowest BCUT2D eigenvalue weighted by molar-refractivity contribution is -0.128. The third kappa shape index (κ3) is 4.83. The van der Waals surface area contributed by atoms with Gasteiger partial charge >= 0.3 is 0 Å². The summed E-state index contributed by atoms with van der Waals surface area (Å²) >= 11 is 0. The maximum atomic E-state index is 13.0. The standard InChI is InChI=1S/C22H23FN4O3/c1-4-20-19(13-24-27(20)17-9-5-14(2)6-10-17)22(29)26-25-21(28)15(3)30-18-11-7-16(23)8-12-18/h5-13,15H,4H2,1-3H3,(H,25,28)(H,26,29). The molecule has 2 amide bonds. The monoisotopic (exact) mass is 410 g/mol. The second-order valence-electron chi connectivity index (χ2n) is 6.76. The van der Waals surface area contributed by atoms with Gasteiger partial charge in [0, 0.05) is 0 Å². The predicted octanol–water partition coefficient (Wildman–Crippen LogP) is 3.11. The first-order valence-corrected chi connectivity index (χ1v) is 9.55. The molecule has 0 aliphatic carbocycles. The van der Waals surface area contributed by atoms with Crippen LogP contribution in [0, 0.1) is 12.7 Å². The first kappa shape index (κ1) is 21.0. The average Bonchev–Trinajstić information content (AvgIpc) is 3.18. The maximum absolute atomic E-state index is 13.0. The Morgan fingerprint density at radius 1 is 1.10 bits per heavy atom. The van der Waals surface area contributed by atoms with Crippen molar-refractivity contribution >= 4 is 11.8 Å². The van der Waals surface area contributed by atoms with E-state index < -0.39 is 23.7 Å². The van der Waals surface area contributed by atoms with Crippen LogP contribution < -0.4 is 15.6 Å². The number of hydrogen-bond acceptors (Lipinski definition) is 4. The van der Waals surface area contributed by atoms with Crippen LogP contribution in [-0.4, -0.2) is 27.7 Å². The highest BCUT2D eigenvalue weighted by Gasteiger charge is 2.20. The molecule has 1 atom stereocenters. The fourth-order valence-electron chi connectivity index (χ4n) is 2.87. The van der Waals surface area contributed by atoms with Crippen LogP contribution >= 0.6 is 0 Å². The van der Waals surface area contributed by atoms with Gasteiger partial charge in [0.1, 0.15) is 11.6 Å². The summed E-state index contributed by atoms with van der Waals surface area (Å²) in [5.74, 6) is -1.08. The molecule has 0 fully saturated rings. The molecule has 3 rings (SSSR count). The number of rotatable bonds is 6. The van der Waals surface area contributed by atoms with E-state index in [0.29, 0.717) is 17.7 Å². The largest absolute Gasteiger partial charge is 0.481 e. The molecule has 0 radical (unpaired) electrons. The molecule has 1 heterocycles. The van der Waals surface area contributed by atoms with Crippen LogP contribution in [0.15, 0.2) is 54.7 Å². The van der Waals surface area contributed by atoms with Gasteiger partial charge in [-0.15, -0.1) is 0 Å². The van der Waals surface area contributed by atoms with E-state index in [2.05, 4.69) is 16.0 Å². The third-order valence-electron chi connectivity index (χ3n) is 4.52. The number of aryl methyl sites for hydroxylation is 1. The SMILES string of the molecule is CCc1c(C(=O)NNC(=O)C(C)Oc2ccc(F)cc2)cnn1-c1ccc(C)cc1. The summed E-state index contributed by atoms with van der Waals surface area (Å²) in [6.07, 6.45) is 1.16. The number of carbonyl (C=O) groups is 2. The molecule has 30 heavy (non-hydrogen) atoms. The summed E-state index contributed by atoms with van der Waals surface area (Å²) in [7, 11) is 0. The normalized spacial score (nSPS) is 11.6. The lowest BCUT2D eigenvalue weighted by Crippen LogP contribution is -2.47. The van der Waals surface area contributed by atoms with Gasteiger partial charge in [0.15, 0.2) is 6.10 Å². The van der Waals surface area contributed by atoms with Gasteiger partial charge in [0.25, 0.3) is 11.8 Å². The molecule has 0 aliphatic rings. The van der Waals surface area contributed by atoms with Gasteiger partial charge in [0.05, 0.1) is 23.1 Å². The van der Waals surface area contributed by atoms with E-state index in [9.17, 15) is 14.0 Å². The van der Waals surface area contributed by atoms with Gasteiger partial charge in [-0.1, -0.05) is 24.6 Å². The van der Waals surface area contributed by atoms with E-state index in [0.717, 1.165) is 16.9 Å². The fourth-order valence-corrected chi connectivity index (χ4v) is 2.87. The highest BCUT2D eigenvalue weighted by atomic mass is 19.1. The Bertz CT molecular complexity index is 1030. The second-order valence-corrected chi connectivity index (χ2v) is 6.76. The molecular formula is C22H23FN4O3. The average molecular weight is 410 g/mol. The molecule has 0 spiro atoms. The number of halogens is 1. The minimum absolute atomic E-state index is 0.345. The van der Waals surface area contributed by atoms with Crippen molar-refractivity contribution in [1.82, 2.24) is 20.6 Å². The van der Waals surface area contributed by atoms with Gasteiger partial charge in [-0.2, -0.15) is 5.10 Å². The Kier molecular flexibility index (Phi) is 6.46. The second kappa shape index (κ2) is 9.21. The van der Waals surface area contributed by atoms with Crippen molar-refractivity contribution in [2.24, 2.45) is 0 Å². The number of hydrazine groups is 1. The van der Waals surface area contributed by atoms with Gasteiger partial charge in [-0.05, 0) is 56.7 Å². The van der Waals surface area contributed by atoms with Gasteiger partial charge in [0.2, 0.25) is 0 Å². The van der Waals surface area contributed by atoms with E-state index in [4.69, 9.17) is 4.74 Å². The summed E-state index contributed by atoms with van der Waals surface area (Å²) in [5, 5.41) is 4.32. The van der Waals surface area contributed by atoms with E-state index >= 15 is 0 Å². The van der Waals surface area contributed by atoms with E-state index in [1.54, 1.807) is 4.68 Å². The number of nitrogens with one attached hydrogen (secondary N) is 2. The molecule has 8 heteroatoms. The van der Waals surface area contributed by atoms with E-state index in [1.807, 2.05) is 38.1 Å². The maximum Gasteiger partial charge on any atom is 0.279 e. The molecule has 2 aromatic carbocycles. The molecule has 1 unspecified atom stereocenters. The Morgan fingerprint density at radius 2 is 1.77 bits per heavy atom. The number of nitrogens with zero attached hydrogens (tertiary/aromatic N) is 2. The molecular weight excluding hydrogens is 387 g/mol. The quantitative estimate of drug-likeness (QED) is 0.612. The summed E-state index contributed by atoms with van der Waals surface area (Å²) in [6, 6.07) is 13.1. The Morgan fingerprint density at radius 3 is 2.40 bits per heavy atom. The lowest BCUT2D eigenvalue weighted by Gasteiger charge is -2.15. The van der Waals surface area contributed by atoms with Crippen LogP contribution in [0.5, 0.6) is 5.75 Å². The summed E-state index contributed by atoms with van der Waals surface area (Å²) in [6.45, 7) is 5.45. The zero-order valence-corrected chi connectivity index (χ0v) is 17.0. The highest BCUT2D eigenvalue weighted by molar-refractivity contribution is 5.96. The molecule has 0 saturated carbocycles. The van der Waals surface area contributed by atoms with Crippen molar-refractivity contribution in [3.05, 3.63) is 77.4 Å². The molecule has 156 valence electrons. The van der Waals surface area contributed by atoms with Crippen molar-refractivity contribution in [1.29, 1.82) is 0 Å². The van der Waals surface area contributed by atoms with Gasteiger partial charge in [-0.25, -0.2) is 9.07 Å². The Balaban J connectivity index is 1.63. The third-order valence-corrected chi connectivity index (χ3v) is 4.52. The number of aromatic nitrogens is 2. The van der Waals surface area contributed by atoms with Crippen molar-refractivity contribution in [3.63, 3.8) is 0 Å². The van der Waals surface area contributed by atoms with Crippen molar-refractivity contribution in [3.8, 4) is 11.4 Å². The first-order chi connectivity index (χ1) is 14.4. The van der Waals surface area contributed by atoms with Crippen LogP contribution in [-0.2, 0) is 11.2 Å². The van der Waals surface area contributed by atoms with E-state index in [1.165, 1.54) is 37.4 Å². The number of amides is 2. The topological polar surface area (TPSA) is 85.2 Å². The molecule has 7 nitrogen and oxygen atoms in total. The van der Waals surface area contributed by atoms with E-state index in [-0.39, 0.29) is 0 Å². The molecule has 2 N–H and O–H groups in total. The van der Waals surface area contributed by atoms with Crippen molar-refractivity contribution < 1.29 is 18.7 Å². The van der Waals surface area contributed by atoms with Crippen LogP contribution in [0.3, 0.4) is 0 Å². The molecule has 0 aliphatic heterocycles. The van der Waals surface area contributed by atoms with Crippen molar-refractivity contribution in [2.75, 3.05) is 0 Å². The predicted molar refractivity (Wildman–Crippen MR) is 110 cm³/mol. The zero-order valence-electron chi connectivity index (χ0n) is 17.0. The smallest absolute Gasteiger partial charge is 0.279 e. The van der Waals surface area contributed by atoms with Gasteiger partial charge in [-0.3, -0.25) is 20.4 Å². The fraction of sp³-hybridized carbons (Fsp3) is 0.227. The molecule has 0 bridgehead atoms. The summed E-state index contributed by atoms with van der Waals surface area (Å²) in [5.41, 5.74) is 7.80. The number of hydrogen-bond donors (Lipinski definition) is 2. The van der Waals surface area contributed by atoms with Crippen LogP contribution in [0.2, 0.25) is 0 Å². The van der Waals surface area contributed by atoms with Crippen LogP contribution in [0.25, 0.3) is 5.69 Å². The van der Waals surface area contributed by atoms with Crippen LogP contribution in [0.1, 0.15) is 35.5 Å². The lowest BCUT2D eigenvalue weighted by atomic mass is 10.2.